The van der Waals surface area contributed by atoms with Gasteiger partial charge in [0, 0.05) is 53.0 Å². The fraction of sp³-hybridized carbons (Fsp3) is 0.655. The Kier molecular flexibility index (Phi) is 52.8. The monoisotopic (exact) mass is 1750 g/mol. The molecule has 2 saturated heterocycles. The molecule has 0 unspecified atom stereocenters. The van der Waals surface area contributed by atoms with Crippen LogP contribution in [0.4, 0.5) is 4.79 Å². The summed E-state index contributed by atoms with van der Waals surface area (Å²) in [5.41, 5.74) is 22.7. The smallest absolute Gasteiger partial charge is 0.326 e. The van der Waals surface area contributed by atoms with Crippen LogP contribution in [-0.4, -0.2) is 248 Å². The predicted molar refractivity (Wildman–Crippen MR) is 477 cm³/mol. The van der Waals surface area contributed by atoms with E-state index in [9.17, 15) is 53.4 Å². The van der Waals surface area contributed by atoms with Gasteiger partial charge in [0.1, 0.15) is 54.9 Å². The fourth-order valence-electron chi connectivity index (χ4n) is 13.5. The number of aliphatic carboxylic acids is 1. The Hall–Kier alpha value is -7.93. The number of hydrogen-bond acceptors (Lipinski definition) is 23. The zero-order chi connectivity index (χ0) is 89.0. The van der Waals surface area contributed by atoms with E-state index < -0.39 is 126 Å². The van der Waals surface area contributed by atoms with E-state index in [0.29, 0.717) is 97.8 Å². The average molecular weight is 1750 g/mol. The number of carboxylic acids is 1. The molecule has 2 aromatic carbocycles. The molecule has 0 radical (unpaired) electrons. The zero-order valence-corrected chi connectivity index (χ0v) is 75.0. The Balaban J connectivity index is 1.58. The van der Waals surface area contributed by atoms with E-state index in [1.54, 1.807) is 75.4 Å². The minimum atomic E-state index is -1.57. The highest BCUT2D eigenvalue weighted by molar-refractivity contribution is 8.00. The molecule has 2 heterocycles. The van der Waals surface area contributed by atoms with Crippen molar-refractivity contribution in [1.29, 1.82) is 0 Å². The number of urea groups is 1. The Labute approximate surface area is 728 Å². The van der Waals surface area contributed by atoms with Gasteiger partial charge in [-0.3, -0.25) is 47.9 Å². The second-order valence-electron chi connectivity index (χ2n) is 31.5. The molecule has 10 amide bonds. The summed E-state index contributed by atoms with van der Waals surface area (Å²) >= 11 is 4.59. The number of nitrogens with one attached hydrogen (secondary N) is 11. The first-order valence-corrected chi connectivity index (χ1v) is 46.5. The van der Waals surface area contributed by atoms with Gasteiger partial charge in [0.15, 0.2) is 5.78 Å². The van der Waals surface area contributed by atoms with E-state index in [4.69, 9.17) is 31.4 Å². The van der Waals surface area contributed by atoms with Gasteiger partial charge in [0.2, 0.25) is 47.3 Å². The molecule has 2 aliphatic heterocycles. The second kappa shape index (κ2) is 60.6. The van der Waals surface area contributed by atoms with Crippen molar-refractivity contribution in [2.24, 2.45) is 29.0 Å². The predicted octanol–water partition coefficient (Wildman–Crippen LogP) is 5.67. The van der Waals surface area contributed by atoms with Crippen LogP contribution < -0.4 is 75.7 Å². The highest BCUT2D eigenvalue weighted by Crippen LogP contribution is 2.33. The summed E-state index contributed by atoms with van der Waals surface area (Å²) in [6.45, 7) is 16.1. The molecule has 0 spiro atoms. The number of hydrogen-bond donors (Lipinski definition) is 16. The number of aliphatic hydroxyl groups is 1. The molecule has 0 aromatic heterocycles. The molecule has 678 valence electrons. The van der Waals surface area contributed by atoms with Crippen molar-refractivity contribution < 1.29 is 82.0 Å². The van der Waals surface area contributed by atoms with E-state index in [0.717, 1.165) is 49.9 Å². The highest BCUT2D eigenvalue weighted by Gasteiger charge is 2.43. The van der Waals surface area contributed by atoms with Gasteiger partial charge in [-0.1, -0.05) is 137 Å². The Morgan fingerprint density at radius 2 is 1.08 bits per heavy atom. The number of fused-ring (bicyclic) bond motifs is 1. The lowest BCUT2D eigenvalue weighted by molar-refractivity contribution is -0.145. The molecule has 0 bridgehead atoms. The molecule has 2 fully saturated rings. The molecule has 13 atom stereocenters. The summed E-state index contributed by atoms with van der Waals surface area (Å²) < 4.78 is 16.7. The van der Waals surface area contributed by atoms with Gasteiger partial charge in [0.25, 0.3) is 0 Å². The van der Waals surface area contributed by atoms with Gasteiger partial charge in [-0.25, -0.2) is 9.59 Å². The van der Waals surface area contributed by atoms with E-state index in [1.807, 2.05) is 37.9 Å². The number of allylic oxidation sites excluding steroid dienone is 5. The molecule has 34 heteroatoms. The standard InChI is InChI=1S/C87H140N14O17S3/c1-10-60(8)75(85(112)94-67(86(113)114)40-50-119-9)100-84(111)74(57(4)5)99-83(110)71(54-120-51-39-59(7)27-23-26-58(6)25-22-24-56(2)3)97-80(107)66(32-18-21-43-90)92-81(108)68(52-61-35-37-63(38-36-61)77(104)62-28-12-11-13-29-62)95-79(106)65(31-17-20-42-89)93-82(109)69(53-102)96-78(105)64(30-16-19-41-88)91-44-45-116-46-47-117-48-49-118-73(103)34-15-14-33-72-76-70(55-121-72)98-87(115)101-76/h11-13,24,26,28-29,35-39,57,60,64-72,74-76,91,102H,10,14-23,25,27,30-34,40-55,88-90H2,1-9H3,(H,92,108)(H,93,109)(H,94,112)(H,95,106)(H,96,105)(H,97,107)(H,99,110)(H,100,111)(H,113,114)(H2,98,101,115)/b58-26+,59-39+/t60-,64-,65-,66-,67-,68-,69-,70-,71-,72-,74-,75-,76-/m0/s1. The third-order valence-electron chi connectivity index (χ3n) is 21.0. The third kappa shape index (κ3) is 41.4. The highest BCUT2D eigenvalue weighted by atomic mass is 32.2. The minimum Gasteiger partial charge on any atom is -0.480 e. The summed E-state index contributed by atoms with van der Waals surface area (Å²) in [6.07, 6.45) is 17.6. The number of unbranched alkanes of at least 4 members (excludes halogenated alkanes) is 4. The van der Waals surface area contributed by atoms with Crippen LogP contribution in [0, 0.1) is 11.8 Å². The van der Waals surface area contributed by atoms with Crippen molar-refractivity contribution in [3.05, 3.63) is 106 Å². The third-order valence-corrected chi connectivity index (χ3v) is 24.1. The number of ketones is 1. The molecular weight excluding hydrogens is 1610 g/mol. The zero-order valence-electron chi connectivity index (χ0n) is 72.5. The van der Waals surface area contributed by atoms with Crippen LogP contribution in [-0.2, 0) is 68.6 Å². The van der Waals surface area contributed by atoms with E-state index >= 15 is 14.4 Å². The lowest BCUT2D eigenvalue weighted by atomic mass is 9.96. The number of carboxylic acid groups (broad SMARTS) is 1. The lowest BCUT2D eigenvalue weighted by Crippen LogP contribution is -2.62. The number of benzene rings is 2. The van der Waals surface area contributed by atoms with E-state index in [2.05, 4.69) is 91.4 Å². The number of esters is 1. The molecule has 2 aliphatic rings. The van der Waals surface area contributed by atoms with E-state index in [-0.39, 0.29) is 120 Å². The van der Waals surface area contributed by atoms with Crippen molar-refractivity contribution in [3.8, 4) is 0 Å². The van der Waals surface area contributed by atoms with Crippen molar-refractivity contribution in [2.75, 3.05) is 95.1 Å². The maximum absolute atomic E-state index is 15.3. The summed E-state index contributed by atoms with van der Waals surface area (Å²) in [7, 11) is 0. The number of nitrogens with two attached hydrogens (primary N) is 3. The van der Waals surface area contributed by atoms with Crippen molar-refractivity contribution in [2.45, 2.75) is 256 Å². The first-order valence-electron chi connectivity index (χ1n) is 42.9. The number of ether oxygens (including phenoxy) is 3. The van der Waals surface area contributed by atoms with Gasteiger partial charge >= 0.3 is 18.0 Å². The van der Waals surface area contributed by atoms with Crippen LogP contribution >= 0.6 is 35.3 Å². The number of thioether (sulfide) groups is 3. The molecule has 0 aliphatic carbocycles. The Morgan fingerprint density at radius 1 is 0.562 bits per heavy atom. The van der Waals surface area contributed by atoms with Gasteiger partial charge in [-0.15, -0.1) is 0 Å². The molecule has 2 aromatic rings. The van der Waals surface area contributed by atoms with Gasteiger partial charge in [-0.2, -0.15) is 35.3 Å². The number of aliphatic hydroxyl groups excluding tert-OH is 1. The van der Waals surface area contributed by atoms with Crippen LogP contribution in [0.1, 0.15) is 199 Å². The van der Waals surface area contributed by atoms with Crippen LogP contribution in [0.25, 0.3) is 0 Å². The van der Waals surface area contributed by atoms with Crippen LogP contribution in [0.15, 0.2) is 89.5 Å². The van der Waals surface area contributed by atoms with Crippen LogP contribution in [0.3, 0.4) is 0 Å². The largest absolute Gasteiger partial charge is 0.480 e. The summed E-state index contributed by atoms with van der Waals surface area (Å²) in [6, 6.07) is 3.37. The summed E-state index contributed by atoms with van der Waals surface area (Å²) in [5.74, 6) is -7.43. The lowest BCUT2D eigenvalue weighted by Gasteiger charge is -2.30. The van der Waals surface area contributed by atoms with Crippen molar-refractivity contribution in [1.82, 2.24) is 58.5 Å². The van der Waals surface area contributed by atoms with Gasteiger partial charge in [-0.05, 0) is 173 Å². The molecule has 4 rings (SSSR count). The molecule has 0 saturated carbocycles. The first-order chi connectivity index (χ1) is 58.1. The molecule has 31 nitrogen and oxygen atoms in total. The first kappa shape index (κ1) is 105. The van der Waals surface area contributed by atoms with Crippen LogP contribution in [0.2, 0.25) is 0 Å². The maximum atomic E-state index is 15.3. The quantitative estimate of drug-likeness (QED) is 0.0125. The topological polar surface area (TPSA) is 483 Å². The molecular formula is C87H140N14O17S3. The number of carbonyl (C=O) groups is 12. The Bertz CT molecular complexity index is 3610. The number of rotatable bonds is 65. The fourth-order valence-corrected chi connectivity index (χ4v) is 16.5. The van der Waals surface area contributed by atoms with Crippen molar-refractivity contribution >= 4 is 106 Å². The summed E-state index contributed by atoms with van der Waals surface area (Å²) in [5, 5.41) is 52.2. The average Bonchev–Trinajstić information content (AvgIpc) is 1.53. The Morgan fingerprint density at radius 3 is 1.68 bits per heavy atom. The normalized spacial score (nSPS) is 17.0. The SMILES string of the molecule is CC[C@H](C)[C@H](NC(=O)[C@@H](NC(=O)[C@H](CSC/C=C(\C)CC/C=C(\C)CCC=C(C)C)NC(=O)[C@H](CCCCN)NC(=O)[C@H](Cc1ccc(C(=O)c2ccccc2)cc1)NC(=O)[C@H](CCCCN)NC(=O)[C@H](CO)NC(=O)[C@H](CCCCN)NCCOCCOCCOC(=O)CCCC[C@@H]1SC[C@@H]2NC(=O)N[C@@H]21)C(C)C)C(=O)N[C@@H](CCSC)C(=O)O. The van der Waals surface area contributed by atoms with Gasteiger partial charge < -0.3 is 100 Å². The van der Waals surface area contributed by atoms with E-state index in [1.165, 1.54) is 34.7 Å². The summed E-state index contributed by atoms with van der Waals surface area (Å²) in [4.78, 5) is 167. The molecule has 121 heavy (non-hydrogen) atoms. The van der Waals surface area contributed by atoms with Crippen molar-refractivity contribution in [3.63, 3.8) is 0 Å². The maximum Gasteiger partial charge on any atom is 0.326 e. The second-order valence-corrected chi connectivity index (χ2v) is 34.9. The molecule has 19 N–H and O–H groups in total. The number of amides is 10. The van der Waals surface area contributed by atoms with Gasteiger partial charge in [0.05, 0.1) is 51.2 Å². The minimum absolute atomic E-state index is 0.0118. The van der Waals surface area contributed by atoms with Crippen LogP contribution in [0.5, 0.6) is 0 Å². The number of carbonyl (C=O) groups excluding carboxylic acids is 11.